The summed E-state index contributed by atoms with van der Waals surface area (Å²) in [6, 6.07) is 5.26. The molecule has 0 saturated carbocycles. The predicted octanol–water partition coefficient (Wildman–Crippen LogP) is 3.40. The zero-order valence-corrected chi connectivity index (χ0v) is 11.0. The van der Waals surface area contributed by atoms with Crippen molar-refractivity contribution in [1.82, 2.24) is 9.78 Å². The third kappa shape index (κ3) is 2.26. The molecule has 17 heavy (non-hydrogen) atoms. The maximum absolute atomic E-state index is 11.8. The molecular formula is C12H12Cl2N2O. The van der Waals surface area contributed by atoms with Gasteiger partial charge in [0.25, 0.3) is 5.56 Å². The van der Waals surface area contributed by atoms with E-state index in [0.717, 1.165) is 5.56 Å². The van der Waals surface area contributed by atoms with Crippen LogP contribution in [0.1, 0.15) is 24.1 Å². The van der Waals surface area contributed by atoms with E-state index in [1.165, 1.54) is 0 Å². The van der Waals surface area contributed by atoms with Crippen molar-refractivity contribution in [3.8, 4) is 0 Å². The number of hydrogen-bond donors (Lipinski definition) is 1. The van der Waals surface area contributed by atoms with E-state index in [9.17, 15) is 4.79 Å². The molecule has 0 aliphatic carbocycles. The third-order valence-corrected chi connectivity index (χ3v) is 3.53. The average molecular weight is 271 g/mol. The molecule has 1 heterocycles. The molecule has 0 fully saturated rings. The van der Waals surface area contributed by atoms with Crippen molar-refractivity contribution in [2.45, 2.75) is 19.9 Å². The Labute approximate surface area is 109 Å². The highest BCUT2D eigenvalue weighted by Crippen LogP contribution is 2.26. The van der Waals surface area contributed by atoms with Gasteiger partial charge in [-0.15, -0.1) is 0 Å². The number of aryl methyl sites for hydroxylation is 1. The Bertz CT molecular complexity index is 601. The van der Waals surface area contributed by atoms with Crippen LogP contribution in [-0.4, -0.2) is 9.78 Å². The SMILES string of the molecule is Cc1c[nH]n(C(C)c2ccc(Cl)c(Cl)c2)c1=O. The van der Waals surface area contributed by atoms with E-state index in [-0.39, 0.29) is 11.6 Å². The minimum absolute atomic E-state index is 0.0245. The maximum Gasteiger partial charge on any atom is 0.269 e. The second-order valence-corrected chi connectivity index (χ2v) is 4.80. The lowest BCUT2D eigenvalue weighted by atomic mass is 10.1. The lowest BCUT2D eigenvalue weighted by molar-refractivity contribution is 0.547. The van der Waals surface area contributed by atoms with E-state index >= 15 is 0 Å². The molecular weight excluding hydrogens is 259 g/mol. The fourth-order valence-electron chi connectivity index (χ4n) is 1.69. The first kappa shape index (κ1) is 12.3. The normalized spacial score (nSPS) is 12.7. The van der Waals surface area contributed by atoms with Gasteiger partial charge in [0.2, 0.25) is 0 Å². The second kappa shape index (κ2) is 4.59. The molecule has 2 aromatic rings. The van der Waals surface area contributed by atoms with Crippen molar-refractivity contribution in [1.29, 1.82) is 0 Å². The minimum Gasteiger partial charge on any atom is -0.302 e. The van der Waals surface area contributed by atoms with E-state index < -0.39 is 0 Å². The number of rotatable bonds is 2. The van der Waals surface area contributed by atoms with E-state index in [4.69, 9.17) is 23.2 Å². The highest BCUT2D eigenvalue weighted by Gasteiger charge is 2.13. The number of halogens is 2. The number of H-pyrrole nitrogens is 1. The molecule has 5 heteroatoms. The van der Waals surface area contributed by atoms with Crippen molar-refractivity contribution in [3.05, 3.63) is 55.9 Å². The molecule has 0 aliphatic heterocycles. The van der Waals surface area contributed by atoms with Crippen LogP contribution < -0.4 is 5.56 Å². The van der Waals surface area contributed by atoms with Crippen LogP contribution in [0.25, 0.3) is 0 Å². The van der Waals surface area contributed by atoms with Gasteiger partial charge in [-0.1, -0.05) is 29.3 Å². The summed E-state index contributed by atoms with van der Waals surface area (Å²) in [4.78, 5) is 11.8. The summed E-state index contributed by atoms with van der Waals surface area (Å²) >= 11 is 11.8. The van der Waals surface area contributed by atoms with Crippen molar-refractivity contribution >= 4 is 23.2 Å². The van der Waals surface area contributed by atoms with Crippen LogP contribution in [0, 0.1) is 6.92 Å². The van der Waals surface area contributed by atoms with Gasteiger partial charge in [0.1, 0.15) is 0 Å². The van der Waals surface area contributed by atoms with E-state index in [1.54, 1.807) is 29.9 Å². The van der Waals surface area contributed by atoms with Crippen LogP contribution in [0.3, 0.4) is 0 Å². The van der Waals surface area contributed by atoms with Crippen LogP contribution in [0.15, 0.2) is 29.2 Å². The molecule has 0 amide bonds. The molecule has 90 valence electrons. The summed E-state index contributed by atoms with van der Waals surface area (Å²) < 4.78 is 1.56. The quantitative estimate of drug-likeness (QED) is 0.893. The fourth-order valence-corrected chi connectivity index (χ4v) is 1.99. The Balaban J connectivity index is 2.43. The summed E-state index contributed by atoms with van der Waals surface area (Å²) in [5.41, 5.74) is 1.60. The number of nitrogens with one attached hydrogen (secondary N) is 1. The molecule has 0 saturated heterocycles. The summed E-state index contributed by atoms with van der Waals surface area (Å²) in [6.07, 6.45) is 1.69. The molecule has 0 bridgehead atoms. The third-order valence-electron chi connectivity index (χ3n) is 2.79. The van der Waals surface area contributed by atoms with E-state index in [0.29, 0.717) is 15.6 Å². The van der Waals surface area contributed by atoms with Gasteiger partial charge in [-0.2, -0.15) is 0 Å². The van der Waals surface area contributed by atoms with Crippen molar-refractivity contribution in [2.24, 2.45) is 0 Å². The second-order valence-electron chi connectivity index (χ2n) is 3.98. The summed E-state index contributed by atoms with van der Waals surface area (Å²) in [5.74, 6) is 0. The first-order chi connectivity index (χ1) is 8.00. The van der Waals surface area contributed by atoms with E-state index in [1.807, 2.05) is 13.0 Å². The Hall–Kier alpha value is -1.19. The number of benzene rings is 1. The molecule has 1 N–H and O–H groups in total. The van der Waals surface area contributed by atoms with Crippen molar-refractivity contribution in [3.63, 3.8) is 0 Å². The number of aromatic amines is 1. The highest BCUT2D eigenvalue weighted by molar-refractivity contribution is 6.42. The van der Waals surface area contributed by atoms with Crippen LogP contribution in [0.2, 0.25) is 10.0 Å². The van der Waals surface area contributed by atoms with Crippen LogP contribution in [-0.2, 0) is 0 Å². The summed E-state index contributed by atoms with van der Waals surface area (Å²) in [7, 11) is 0. The molecule has 1 aromatic carbocycles. The van der Waals surface area contributed by atoms with Gasteiger partial charge in [0.15, 0.2) is 0 Å². The van der Waals surface area contributed by atoms with Gasteiger partial charge in [-0.25, -0.2) is 4.68 Å². The summed E-state index contributed by atoms with van der Waals surface area (Å²) in [5, 5.41) is 3.94. The Morgan fingerprint density at radius 2 is 2.00 bits per heavy atom. The molecule has 1 unspecified atom stereocenters. The first-order valence-electron chi connectivity index (χ1n) is 5.22. The van der Waals surface area contributed by atoms with Gasteiger partial charge in [-0.05, 0) is 31.5 Å². The molecule has 1 atom stereocenters. The van der Waals surface area contributed by atoms with Crippen LogP contribution in [0.5, 0.6) is 0 Å². The topological polar surface area (TPSA) is 37.8 Å². The molecule has 0 radical (unpaired) electrons. The number of aromatic nitrogens is 2. The Kier molecular flexibility index (Phi) is 3.31. The maximum atomic E-state index is 11.8. The summed E-state index contributed by atoms with van der Waals surface area (Å²) in [6.45, 7) is 3.70. The van der Waals surface area contributed by atoms with Gasteiger partial charge in [-0.3, -0.25) is 4.79 Å². The van der Waals surface area contributed by atoms with Gasteiger partial charge in [0.05, 0.1) is 16.1 Å². The van der Waals surface area contributed by atoms with Gasteiger partial charge < -0.3 is 5.10 Å². The molecule has 3 nitrogen and oxygen atoms in total. The van der Waals surface area contributed by atoms with Crippen LogP contribution in [0.4, 0.5) is 0 Å². The Morgan fingerprint density at radius 3 is 2.53 bits per heavy atom. The molecule has 0 aliphatic rings. The van der Waals surface area contributed by atoms with Gasteiger partial charge >= 0.3 is 0 Å². The first-order valence-corrected chi connectivity index (χ1v) is 5.97. The monoisotopic (exact) mass is 270 g/mol. The minimum atomic E-state index is -0.106. The predicted molar refractivity (Wildman–Crippen MR) is 70.1 cm³/mol. The standard InChI is InChI=1S/C12H12Cl2N2O/c1-7-6-15-16(12(7)17)8(2)9-3-4-10(13)11(14)5-9/h3-6,8,15H,1-2H3. The molecule has 1 aromatic heterocycles. The number of hydrogen-bond acceptors (Lipinski definition) is 1. The zero-order valence-electron chi connectivity index (χ0n) is 9.50. The van der Waals surface area contributed by atoms with Crippen molar-refractivity contribution in [2.75, 3.05) is 0 Å². The fraction of sp³-hybridized carbons (Fsp3) is 0.250. The Morgan fingerprint density at radius 1 is 1.29 bits per heavy atom. The zero-order chi connectivity index (χ0) is 12.6. The number of nitrogens with zero attached hydrogens (tertiary/aromatic N) is 1. The van der Waals surface area contributed by atoms with Gasteiger partial charge in [0, 0.05) is 11.8 Å². The molecule has 2 rings (SSSR count). The van der Waals surface area contributed by atoms with Crippen molar-refractivity contribution < 1.29 is 0 Å². The average Bonchev–Trinajstić information content (AvgIpc) is 2.63. The lowest BCUT2D eigenvalue weighted by Gasteiger charge is -2.13. The molecule has 0 spiro atoms. The van der Waals surface area contributed by atoms with E-state index in [2.05, 4.69) is 5.10 Å². The smallest absolute Gasteiger partial charge is 0.269 e. The van der Waals surface area contributed by atoms with Crippen LogP contribution >= 0.6 is 23.2 Å². The lowest BCUT2D eigenvalue weighted by Crippen LogP contribution is -2.22. The largest absolute Gasteiger partial charge is 0.302 e. The highest BCUT2D eigenvalue weighted by atomic mass is 35.5.